The molecule has 0 fully saturated rings. The summed E-state index contributed by atoms with van der Waals surface area (Å²) in [7, 11) is 0. The van der Waals surface area contributed by atoms with Gasteiger partial charge < -0.3 is 25.6 Å². The van der Waals surface area contributed by atoms with Gasteiger partial charge in [-0.1, -0.05) is 20.8 Å². The molecule has 1 aromatic carbocycles. The van der Waals surface area contributed by atoms with Crippen LogP contribution in [0.5, 0.6) is 0 Å². The number of nitrogen functional groups attached to an aromatic ring is 1. The number of fused-ring (bicyclic) bond motifs is 1. The van der Waals surface area contributed by atoms with Gasteiger partial charge in [0.25, 0.3) is 0 Å². The molecule has 2 rings (SSSR count). The Morgan fingerprint density at radius 2 is 1.67 bits per heavy atom. The van der Waals surface area contributed by atoms with Crippen molar-refractivity contribution < 1.29 is 15.3 Å². The van der Waals surface area contributed by atoms with Crippen LogP contribution in [-0.2, 0) is 11.0 Å². The second kappa shape index (κ2) is 5.29. The van der Waals surface area contributed by atoms with Crippen molar-refractivity contribution in [3.8, 4) is 0 Å². The lowest BCUT2D eigenvalue weighted by atomic mass is 9.93. The molecule has 0 atom stereocenters. The van der Waals surface area contributed by atoms with E-state index in [0.29, 0.717) is 17.0 Å². The minimum atomic E-state index is -1.20. The molecule has 0 aliphatic rings. The largest absolute Gasteiger partial charge is 0.399 e. The third-order valence-corrected chi connectivity index (χ3v) is 3.71. The molecule has 0 bridgehead atoms. The third-order valence-electron chi connectivity index (χ3n) is 3.71. The van der Waals surface area contributed by atoms with E-state index < -0.39 is 5.54 Å². The standard InChI is InChI=1S/C15H23N3O3/c1-14(2,3)13-17-11-6-10(16)4-5-12(11)18(13)15(7-19,8-20)9-21/h4-6,19-21H,7-9,16H2,1-3H3. The Kier molecular flexibility index (Phi) is 3.97. The van der Waals surface area contributed by atoms with Gasteiger partial charge in [0.2, 0.25) is 0 Å². The summed E-state index contributed by atoms with van der Waals surface area (Å²) in [6, 6.07) is 5.28. The molecule has 0 aliphatic carbocycles. The smallest absolute Gasteiger partial charge is 0.116 e. The Hall–Kier alpha value is -1.63. The number of nitrogens with zero attached hydrogens (tertiary/aromatic N) is 2. The number of rotatable bonds is 4. The summed E-state index contributed by atoms with van der Waals surface area (Å²) in [5.41, 5.74) is 6.28. The highest BCUT2D eigenvalue weighted by atomic mass is 16.3. The fourth-order valence-electron chi connectivity index (χ4n) is 2.44. The number of hydrogen-bond acceptors (Lipinski definition) is 5. The van der Waals surface area contributed by atoms with Crippen LogP contribution in [0.3, 0.4) is 0 Å². The van der Waals surface area contributed by atoms with Gasteiger partial charge >= 0.3 is 0 Å². The predicted octanol–water partition coefficient (Wildman–Crippen LogP) is 0.588. The Balaban J connectivity index is 2.87. The maximum absolute atomic E-state index is 9.76. The van der Waals surface area contributed by atoms with Crippen LogP contribution in [0.1, 0.15) is 26.6 Å². The molecule has 6 heteroatoms. The van der Waals surface area contributed by atoms with E-state index in [0.717, 1.165) is 5.52 Å². The van der Waals surface area contributed by atoms with Gasteiger partial charge in [0.15, 0.2) is 0 Å². The van der Waals surface area contributed by atoms with Gasteiger partial charge in [-0.05, 0) is 18.2 Å². The number of aliphatic hydroxyl groups is 3. The molecular formula is C15H23N3O3. The lowest BCUT2D eigenvalue weighted by molar-refractivity contribution is 0.0145. The fourth-order valence-corrected chi connectivity index (χ4v) is 2.44. The normalized spacial score (nSPS) is 13.0. The van der Waals surface area contributed by atoms with E-state index in [1.165, 1.54) is 0 Å². The average molecular weight is 293 g/mol. The zero-order valence-electron chi connectivity index (χ0n) is 12.7. The van der Waals surface area contributed by atoms with E-state index in [9.17, 15) is 15.3 Å². The summed E-state index contributed by atoms with van der Waals surface area (Å²) in [5.74, 6) is 0.681. The van der Waals surface area contributed by atoms with Gasteiger partial charge in [0, 0.05) is 11.1 Å². The number of anilines is 1. The molecule has 0 saturated heterocycles. The van der Waals surface area contributed by atoms with Gasteiger partial charge in [0.1, 0.15) is 11.4 Å². The van der Waals surface area contributed by atoms with E-state index in [2.05, 4.69) is 4.98 Å². The highest BCUT2D eigenvalue weighted by Gasteiger charge is 2.37. The average Bonchev–Trinajstić information content (AvgIpc) is 2.81. The summed E-state index contributed by atoms with van der Waals surface area (Å²) in [4.78, 5) is 4.60. The summed E-state index contributed by atoms with van der Waals surface area (Å²) in [6.07, 6.45) is 0. The van der Waals surface area contributed by atoms with E-state index in [1.54, 1.807) is 22.8 Å². The highest BCUT2D eigenvalue weighted by molar-refractivity contribution is 5.80. The minimum absolute atomic E-state index is 0.321. The number of aromatic nitrogens is 2. The van der Waals surface area contributed by atoms with Crippen LogP contribution in [0.2, 0.25) is 0 Å². The summed E-state index contributed by atoms with van der Waals surface area (Å²) < 4.78 is 1.74. The van der Waals surface area contributed by atoms with Gasteiger partial charge in [-0.25, -0.2) is 4.98 Å². The molecule has 5 N–H and O–H groups in total. The number of imidazole rings is 1. The van der Waals surface area contributed by atoms with Crippen molar-refractivity contribution in [2.75, 3.05) is 25.6 Å². The minimum Gasteiger partial charge on any atom is -0.399 e. The Morgan fingerprint density at radius 3 is 2.14 bits per heavy atom. The van der Waals surface area contributed by atoms with Crippen LogP contribution in [0.15, 0.2) is 18.2 Å². The van der Waals surface area contributed by atoms with E-state index in [1.807, 2.05) is 20.8 Å². The molecule has 21 heavy (non-hydrogen) atoms. The second-order valence-electron chi connectivity index (χ2n) is 6.47. The molecular weight excluding hydrogens is 270 g/mol. The maximum atomic E-state index is 9.76. The highest BCUT2D eigenvalue weighted by Crippen LogP contribution is 2.32. The first-order valence-corrected chi connectivity index (χ1v) is 6.90. The van der Waals surface area contributed by atoms with E-state index >= 15 is 0 Å². The van der Waals surface area contributed by atoms with Crippen LogP contribution in [0, 0.1) is 0 Å². The molecule has 2 aromatic rings. The number of aliphatic hydroxyl groups excluding tert-OH is 3. The molecule has 0 radical (unpaired) electrons. The summed E-state index contributed by atoms with van der Waals surface area (Å²) >= 11 is 0. The molecule has 1 heterocycles. The zero-order chi connectivity index (χ0) is 15.8. The van der Waals surface area contributed by atoms with Crippen molar-refractivity contribution in [1.29, 1.82) is 0 Å². The first kappa shape index (κ1) is 15.8. The number of hydrogen-bond donors (Lipinski definition) is 4. The molecule has 0 unspecified atom stereocenters. The van der Waals surface area contributed by atoms with Crippen LogP contribution in [0.4, 0.5) is 5.69 Å². The second-order valence-corrected chi connectivity index (χ2v) is 6.47. The lowest BCUT2D eigenvalue weighted by Crippen LogP contribution is -2.47. The van der Waals surface area contributed by atoms with Gasteiger partial charge in [-0.15, -0.1) is 0 Å². The number of nitrogens with two attached hydrogens (primary N) is 1. The first-order chi connectivity index (χ1) is 9.79. The van der Waals surface area contributed by atoms with Gasteiger partial charge in [-0.2, -0.15) is 0 Å². The summed E-state index contributed by atoms with van der Waals surface area (Å²) in [5, 5.41) is 29.3. The van der Waals surface area contributed by atoms with Gasteiger partial charge in [0.05, 0.1) is 30.9 Å². The molecule has 0 aliphatic heterocycles. The van der Waals surface area contributed by atoms with Gasteiger partial charge in [-0.3, -0.25) is 0 Å². The molecule has 116 valence electrons. The van der Waals surface area contributed by atoms with Crippen LogP contribution in [0.25, 0.3) is 11.0 Å². The Labute approximate surface area is 123 Å². The number of benzene rings is 1. The van der Waals surface area contributed by atoms with Crippen LogP contribution >= 0.6 is 0 Å². The van der Waals surface area contributed by atoms with E-state index in [-0.39, 0.29) is 25.2 Å². The molecule has 0 amide bonds. The summed E-state index contributed by atoms with van der Waals surface area (Å²) in [6.45, 7) is 4.80. The molecule has 1 aromatic heterocycles. The Bertz CT molecular complexity index is 631. The molecule has 0 spiro atoms. The van der Waals surface area contributed by atoms with Crippen molar-refractivity contribution in [3.05, 3.63) is 24.0 Å². The molecule has 6 nitrogen and oxygen atoms in total. The molecule has 0 saturated carbocycles. The maximum Gasteiger partial charge on any atom is 0.116 e. The van der Waals surface area contributed by atoms with Crippen molar-refractivity contribution >= 4 is 16.7 Å². The van der Waals surface area contributed by atoms with Crippen molar-refractivity contribution in [1.82, 2.24) is 9.55 Å². The predicted molar refractivity (Wildman–Crippen MR) is 82.1 cm³/mol. The Morgan fingerprint density at radius 1 is 1.10 bits per heavy atom. The van der Waals surface area contributed by atoms with Crippen molar-refractivity contribution in [3.63, 3.8) is 0 Å². The third kappa shape index (κ3) is 2.50. The van der Waals surface area contributed by atoms with E-state index in [4.69, 9.17) is 5.73 Å². The zero-order valence-corrected chi connectivity index (χ0v) is 12.7. The fraction of sp³-hybridized carbons (Fsp3) is 0.533. The quantitative estimate of drug-likeness (QED) is 0.618. The topological polar surface area (TPSA) is 105 Å². The van der Waals surface area contributed by atoms with Crippen molar-refractivity contribution in [2.45, 2.75) is 31.7 Å². The first-order valence-electron chi connectivity index (χ1n) is 6.90. The monoisotopic (exact) mass is 293 g/mol. The van der Waals surface area contributed by atoms with Crippen LogP contribution < -0.4 is 5.73 Å². The lowest BCUT2D eigenvalue weighted by Gasteiger charge is -2.34. The van der Waals surface area contributed by atoms with Crippen molar-refractivity contribution in [2.24, 2.45) is 0 Å². The van der Waals surface area contributed by atoms with Crippen LogP contribution in [-0.4, -0.2) is 44.7 Å². The SMILES string of the molecule is CC(C)(C)c1nc2cc(N)ccc2n1C(CO)(CO)CO.